The predicted octanol–water partition coefficient (Wildman–Crippen LogP) is 3.03. The van der Waals surface area contributed by atoms with Crippen LogP contribution < -0.4 is 15.8 Å². The molecule has 3 N–H and O–H groups in total. The number of rotatable bonds is 4. The SMILES string of the molecule is COc1cccc(N)c1NCc1ccc(F)cc1. The maximum atomic E-state index is 12.8. The van der Waals surface area contributed by atoms with Gasteiger partial charge in [0.15, 0.2) is 0 Å². The van der Waals surface area contributed by atoms with Crippen molar-refractivity contribution in [3.8, 4) is 5.75 Å². The Balaban J connectivity index is 2.12. The zero-order valence-electron chi connectivity index (χ0n) is 10.1. The molecule has 0 saturated heterocycles. The van der Waals surface area contributed by atoms with Gasteiger partial charge in [-0.2, -0.15) is 0 Å². The van der Waals surface area contributed by atoms with Gasteiger partial charge in [-0.3, -0.25) is 0 Å². The molecule has 2 rings (SSSR count). The van der Waals surface area contributed by atoms with Gasteiger partial charge in [-0.25, -0.2) is 4.39 Å². The van der Waals surface area contributed by atoms with Crippen molar-refractivity contribution in [3.05, 3.63) is 53.8 Å². The molecule has 0 aliphatic carbocycles. The zero-order valence-corrected chi connectivity index (χ0v) is 10.1. The molecular formula is C14H15FN2O. The van der Waals surface area contributed by atoms with Crippen LogP contribution in [0.25, 0.3) is 0 Å². The highest BCUT2D eigenvalue weighted by molar-refractivity contribution is 5.73. The molecule has 94 valence electrons. The Hall–Kier alpha value is -2.23. The molecule has 0 saturated carbocycles. The molecule has 18 heavy (non-hydrogen) atoms. The molecule has 0 amide bonds. The predicted molar refractivity (Wildman–Crippen MR) is 71.1 cm³/mol. The Morgan fingerprint density at radius 3 is 2.56 bits per heavy atom. The van der Waals surface area contributed by atoms with Crippen molar-refractivity contribution >= 4 is 11.4 Å². The van der Waals surface area contributed by atoms with Crippen molar-refractivity contribution in [2.45, 2.75) is 6.54 Å². The first-order valence-electron chi connectivity index (χ1n) is 5.61. The fourth-order valence-corrected chi connectivity index (χ4v) is 1.70. The second kappa shape index (κ2) is 5.40. The monoisotopic (exact) mass is 246 g/mol. The first kappa shape index (κ1) is 12.2. The highest BCUT2D eigenvalue weighted by Gasteiger charge is 2.05. The molecule has 3 nitrogen and oxygen atoms in total. The van der Waals surface area contributed by atoms with E-state index >= 15 is 0 Å². The highest BCUT2D eigenvalue weighted by atomic mass is 19.1. The number of hydrogen-bond acceptors (Lipinski definition) is 3. The summed E-state index contributed by atoms with van der Waals surface area (Å²) in [6.45, 7) is 0.560. The maximum absolute atomic E-state index is 12.8. The molecule has 0 aliphatic heterocycles. The van der Waals surface area contributed by atoms with Crippen molar-refractivity contribution in [3.63, 3.8) is 0 Å². The standard InChI is InChI=1S/C14H15FN2O/c1-18-13-4-2-3-12(16)14(13)17-9-10-5-7-11(15)8-6-10/h2-8,17H,9,16H2,1H3. The number of anilines is 2. The van der Waals surface area contributed by atoms with Crippen LogP contribution in [0.3, 0.4) is 0 Å². The van der Waals surface area contributed by atoms with Gasteiger partial charge >= 0.3 is 0 Å². The Morgan fingerprint density at radius 2 is 1.89 bits per heavy atom. The number of hydrogen-bond donors (Lipinski definition) is 2. The Labute approximate surface area is 105 Å². The summed E-state index contributed by atoms with van der Waals surface area (Å²) in [5.41, 5.74) is 8.23. The van der Waals surface area contributed by atoms with Gasteiger partial charge in [-0.1, -0.05) is 18.2 Å². The highest BCUT2D eigenvalue weighted by Crippen LogP contribution is 2.30. The van der Waals surface area contributed by atoms with E-state index in [9.17, 15) is 4.39 Å². The molecule has 0 atom stereocenters. The van der Waals surface area contributed by atoms with Gasteiger partial charge in [0.1, 0.15) is 17.3 Å². The second-order valence-corrected chi connectivity index (χ2v) is 3.90. The lowest BCUT2D eigenvalue weighted by atomic mass is 10.2. The Kier molecular flexibility index (Phi) is 3.67. The molecule has 0 aromatic heterocycles. The third-order valence-electron chi connectivity index (χ3n) is 2.66. The first-order chi connectivity index (χ1) is 8.70. The van der Waals surface area contributed by atoms with E-state index in [2.05, 4.69) is 5.32 Å². The minimum atomic E-state index is -0.240. The van der Waals surface area contributed by atoms with E-state index in [-0.39, 0.29) is 5.82 Å². The zero-order chi connectivity index (χ0) is 13.0. The van der Waals surface area contributed by atoms with Crippen molar-refractivity contribution < 1.29 is 9.13 Å². The lowest BCUT2D eigenvalue weighted by molar-refractivity contribution is 0.416. The van der Waals surface area contributed by atoms with Crippen LogP contribution in [0, 0.1) is 5.82 Å². The number of nitrogens with two attached hydrogens (primary N) is 1. The summed E-state index contributed by atoms with van der Waals surface area (Å²) in [4.78, 5) is 0. The molecule has 0 bridgehead atoms. The van der Waals surface area contributed by atoms with Gasteiger partial charge in [-0.05, 0) is 29.8 Å². The molecule has 0 heterocycles. The lowest BCUT2D eigenvalue weighted by Gasteiger charge is -2.13. The average molecular weight is 246 g/mol. The summed E-state index contributed by atoms with van der Waals surface area (Å²) >= 11 is 0. The molecule has 0 fully saturated rings. The van der Waals surface area contributed by atoms with Crippen molar-refractivity contribution in [2.75, 3.05) is 18.2 Å². The van der Waals surface area contributed by atoms with Crippen LogP contribution in [0.5, 0.6) is 5.75 Å². The third kappa shape index (κ3) is 2.71. The number of benzene rings is 2. The summed E-state index contributed by atoms with van der Waals surface area (Å²) in [6, 6.07) is 11.8. The van der Waals surface area contributed by atoms with Gasteiger partial charge in [0, 0.05) is 6.54 Å². The van der Waals surface area contributed by atoms with Crippen LogP contribution in [0.15, 0.2) is 42.5 Å². The van der Waals surface area contributed by atoms with Crippen LogP contribution >= 0.6 is 0 Å². The van der Waals surface area contributed by atoms with Gasteiger partial charge in [0.05, 0.1) is 12.8 Å². The molecule has 2 aromatic carbocycles. The number of halogens is 1. The van der Waals surface area contributed by atoms with E-state index in [4.69, 9.17) is 10.5 Å². The van der Waals surface area contributed by atoms with E-state index in [1.54, 1.807) is 25.3 Å². The fourth-order valence-electron chi connectivity index (χ4n) is 1.70. The van der Waals surface area contributed by atoms with E-state index in [1.807, 2.05) is 12.1 Å². The Morgan fingerprint density at radius 1 is 1.17 bits per heavy atom. The van der Waals surface area contributed by atoms with E-state index in [0.717, 1.165) is 11.3 Å². The summed E-state index contributed by atoms with van der Waals surface area (Å²) in [5.74, 6) is 0.452. The first-order valence-corrected chi connectivity index (χ1v) is 5.61. The molecule has 0 radical (unpaired) electrons. The largest absolute Gasteiger partial charge is 0.495 e. The number of methoxy groups -OCH3 is 1. The minimum Gasteiger partial charge on any atom is -0.495 e. The second-order valence-electron chi connectivity index (χ2n) is 3.90. The smallest absolute Gasteiger partial charge is 0.144 e. The van der Waals surface area contributed by atoms with Crippen molar-refractivity contribution in [2.24, 2.45) is 0 Å². The van der Waals surface area contributed by atoms with Gasteiger partial charge in [0.25, 0.3) is 0 Å². The maximum Gasteiger partial charge on any atom is 0.144 e. The summed E-state index contributed by atoms with van der Waals surface area (Å²) in [6.07, 6.45) is 0. The van der Waals surface area contributed by atoms with E-state index in [1.165, 1.54) is 12.1 Å². The van der Waals surface area contributed by atoms with Crippen LogP contribution in [0.4, 0.5) is 15.8 Å². The average Bonchev–Trinajstić information content (AvgIpc) is 2.39. The molecule has 0 aliphatic rings. The minimum absolute atomic E-state index is 0.240. The van der Waals surface area contributed by atoms with Gasteiger partial charge in [-0.15, -0.1) is 0 Å². The van der Waals surface area contributed by atoms with Crippen LogP contribution in [0.1, 0.15) is 5.56 Å². The number of nitrogens with one attached hydrogen (secondary N) is 1. The number of para-hydroxylation sites is 1. The molecule has 0 spiro atoms. The third-order valence-corrected chi connectivity index (χ3v) is 2.66. The molecule has 2 aromatic rings. The summed E-state index contributed by atoms with van der Waals surface area (Å²) in [7, 11) is 1.60. The van der Waals surface area contributed by atoms with Crippen molar-refractivity contribution in [1.82, 2.24) is 0 Å². The lowest BCUT2D eigenvalue weighted by Crippen LogP contribution is -2.04. The molecule has 4 heteroatoms. The molecule has 0 unspecified atom stereocenters. The van der Waals surface area contributed by atoms with Gasteiger partial charge in [0.2, 0.25) is 0 Å². The summed E-state index contributed by atoms with van der Waals surface area (Å²) < 4.78 is 18.0. The van der Waals surface area contributed by atoms with Crippen LogP contribution in [-0.2, 0) is 6.54 Å². The van der Waals surface area contributed by atoms with E-state index < -0.39 is 0 Å². The number of nitrogen functional groups attached to an aromatic ring is 1. The topological polar surface area (TPSA) is 47.3 Å². The Bertz CT molecular complexity index is 526. The molecular weight excluding hydrogens is 231 g/mol. The summed E-state index contributed by atoms with van der Waals surface area (Å²) in [5, 5.41) is 3.20. The van der Waals surface area contributed by atoms with Crippen LogP contribution in [-0.4, -0.2) is 7.11 Å². The van der Waals surface area contributed by atoms with Gasteiger partial charge < -0.3 is 15.8 Å². The number of ether oxygens (including phenoxy) is 1. The van der Waals surface area contributed by atoms with E-state index in [0.29, 0.717) is 18.0 Å². The quantitative estimate of drug-likeness (QED) is 0.815. The van der Waals surface area contributed by atoms with Crippen molar-refractivity contribution in [1.29, 1.82) is 0 Å². The van der Waals surface area contributed by atoms with Crippen LogP contribution in [0.2, 0.25) is 0 Å². The normalized spacial score (nSPS) is 10.1. The fraction of sp³-hybridized carbons (Fsp3) is 0.143.